The van der Waals surface area contributed by atoms with Crippen molar-refractivity contribution in [2.45, 2.75) is 38.6 Å². The van der Waals surface area contributed by atoms with Crippen LogP contribution in [0.5, 0.6) is 0 Å². The Morgan fingerprint density at radius 3 is 2.55 bits per heavy atom. The molecule has 3 heteroatoms. The third-order valence-electron chi connectivity index (χ3n) is 4.07. The number of pyridine rings is 1. The minimum atomic E-state index is -0.0795. The zero-order valence-corrected chi connectivity index (χ0v) is 11.9. The summed E-state index contributed by atoms with van der Waals surface area (Å²) in [5.74, 6) is 0.261. The van der Waals surface area contributed by atoms with Crippen molar-refractivity contribution < 1.29 is 4.39 Å². The maximum atomic E-state index is 13.7. The lowest BCUT2D eigenvalue weighted by atomic mass is 9.75. The second-order valence-corrected chi connectivity index (χ2v) is 5.62. The van der Waals surface area contributed by atoms with Crippen LogP contribution in [0.15, 0.2) is 36.4 Å². The van der Waals surface area contributed by atoms with E-state index in [1.54, 1.807) is 12.1 Å². The molecule has 104 valence electrons. The Bertz CT molecular complexity index is 618. The van der Waals surface area contributed by atoms with E-state index in [9.17, 15) is 4.39 Å². The molecule has 0 aliphatic heterocycles. The summed E-state index contributed by atoms with van der Waals surface area (Å²) in [6, 6.07) is 11.6. The molecule has 0 radical (unpaired) electrons. The fourth-order valence-electron chi connectivity index (χ4n) is 2.85. The van der Waals surface area contributed by atoms with Crippen molar-refractivity contribution >= 4 is 5.69 Å². The minimum Gasteiger partial charge on any atom is -0.381 e. The van der Waals surface area contributed by atoms with E-state index in [2.05, 4.69) is 16.4 Å². The van der Waals surface area contributed by atoms with Crippen LogP contribution in [0.2, 0.25) is 0 Å². The molecule has 1 heterocycles. The Balaban J connectivity index is 1.62. The van der Waals surface area contributed by atoms with E-state index in [1.807, 2.05) is 32.0 Å². The van der Waals surface area contributed by atoms with Crippen molar-refractivity contribution in [3.05, 3.63) is 59.2 Å². The number of anilines is 1. The Morgan fingerprint density at radius 2 is 1.85 bits per heavy atom. The Hall–Kier alpha value is -1.90. The van der Waals surface area contributed by atoms with Crippen LogP contribution in [0, 0.1) is 19.7 Å². The topological polar surface area (TPSA) is 24.9 Å². The molecule has 0 atom stereocenters. The highest BCUT2D eigenvalue weighted by molar-refractivity contribution is 5.49. The second-order valence-electron chi connectivity index (χ2n) is 5.62. The summed E-state index contributed by atoms with van der Waals surface area (Å²) in [4.78, 5) is 4.45. The summed E-state index contributed by atoms with van der Waals surface area (Å²) in [5, 5.41) is 3.51. The molecular formula is C17H19FN2. The highest BCUT2D eigenvalue weighted by Gasteiger charge is 2.31. The summed E-state index contributed by atoms with van der Waals surface area (Å²) in [5.41, 5.74) is 4.00. The van der Waals surface area contributed by atoms with Crippen molar-refractivity contribution in [2.75, 3.05) is 5.32 Å². The van der Waals surface area contributed by atoms with Crippen LogP contribution < -0.4 is 5.32 Å². The van der Waals surface area contributed by atoms with Crippen molar-refractivity contribution in [1.29, 1.82) is 0 Å². The first-order valence-electron chi connectivity index (χ1n) is 7.08. The average molecular weight is 270 g/mol. The summed E-state index contributed by atoms with van der Waals surface area (Å²) >= 11 is 0. The maximum Gasteiger partial charge on any atom is 0.126 e. The fourth-order valence-corrected chi connectivity index (χ4v) is 2.85. The van der Waals surface area contributed by atoms with Crippen LogP contribution in [-0.4, -0.2) is 11.0 Å². The third kappa shape index (κ3) is 2.53. The van der Waals surface area contributed by atoms with Gasteiger partial charge in [-0.05, 0) is 56.4 Å². The lowest BCUT2D eigenvalue weighted by Crippen LogP contribution is -2.34. The van der Waals surface area contributed by atoms with Gasteiger partial charge in [0.1, 0.15) is 5.82 Å². The quantitative estimate of drug-likeness (QED) is 0.904. The summed E-state index contributed by atoms with van der Waals surface area (Å²) < 4.78 is 13.7. The van der Waals surface area contributed by atoms with Crippen molar-refractivity contribution in [1.82, 2.24) is 4.98 Å². The van der Waals surface area contributed by atoms with Gasteiger partial charge in [-0.3, -0.25) is 4.98 Å². The van der Waals surface area contributed by atoms with Crippen molar-refractivity contribution in [3.8, 4) is 0 Å². The number of aryl methyl sites for hydroxylation is 2. The van der Waals surface area contributed by atoms with E-state index < -0.39 is 0 Å². The van der Waals surface area contributed by atoms with E-state index in [0.717, 1.165) is 35.5 Å². The number of aromatic nitrogens is 1. The lowest BCUT2D eigenvalue weighted by Gasteiger charge is -2.37. The highest BCUT2D eigenvalue weighted by Crippen LogP contribution is 2.39. The van der Waals surface area contributed by atoms with E-state index in [1.165, 1.54) is 0 Å². The molecule has 0 bridgehead atoms. The molecule has 1 aromatic carbocycles. The number of halogens is 1. The van der Waals surface area contributed by atoms with Gasteiger partial charge in [-0.25, -0.2) is 4.39 Å². The molecule has 1 aromatic heterocycles. The predicted octanol–water partition coefficient (Wildman–Crippen LogP) is 4.20. The molecule has 1 aliphatic rings. The number of nitrogens with zero attached hydrogens (tertiary/aromatic N) is 1. The molecule has 0 saturated heterocycles. The molecule has 0 unspecified atom stereocenters. The Morgan fingerprint density at radius 1 is 1.10 bits per heavy atom. The molecule has 1 fully saturated rings. The summed E-state index contributed by atoms with van der Waals surface area (Å²) in [6.45, 7) is 4.01. The van der Waals surface area contributed by atoms with Gasteiger partial charge in [-0.2, -0.15) is 0 Å². The van der Waals surface area contributed by atoms with Gasteiger partial charge < -0.3 is 5.32 Å². The number of hydrogen-bond donors (Lipinski definition) is 1. The first-order valence-corrected chi connectivity index (χ1v) is 7.08. The zero-order chi connectivity index (χ0) is 14.1. The molecule has 0 spiro atoms. The van der Waals surface area contributed by atoms with Gasteiger partial charge in [-0.15, -0.1) is 0 Å². The van der Waals surface area contributed by atoms with Crippen LogP contribution in [-0.2, 0) is 0 Å². The average Bonchev–Trinajstić information content (AvgIpc) is 2.37. The van der Waals surface area contributed by atoms with E-state index in [-0.39, 0.29) is 5.82 Å². The molecule has 1 aliphatic carbocycles. The molecule has 1 saturated carbocycles. The van der Waals surface area contributed by atoms with E-state index in [4.69, 9.17) is 0 Å². The zero-order valence-electron chi connectivity index (χ0n) is 11.9. The van der Waals surface area contributed by atoms with E-state index in [0.29, 0.717) is 12.0 Å². The van der Waals surface area contributed by atoms with Crippen LogP contribution in [0.3, 0.4) is 0 Å². The summed E-state index contributed by atoms with van der Waals surface area (Å²) in [6.07, 6.45) is 1.96. The summed E-state index contributed by atoms with van der Waals surface area (Å²) in [7, 11) is 0. The minimum absolute atomic E-state index is 0.0795. The van der Waals surface area contributed by atoms with Crippen molar-refractivity contribution in [2.24, 2.45) is 0 Å². The standard InChI is InChI=1S/C17H19FN2/c1-11-7-8-17(12(2)19-11)20-14-9-13(10-14)15-5-3-4-6-16(15)18/h3-8,13-14,20H,9-10H2,1-2H3. The van der Waals surface area contributed by atoms with Gasteiger partial charge in [0, 0.05) is 11.7 Å². The van der Waals surface area contributed by atoms with Crippen molar-refractivity contribution in [3.63, 3.8) is 0 Å². The first-order chi connectivity index (χ1) is 9.63. The van der Waals surface area contributed by atoms with Crippen LogP contribution >= 0.6 is 0 Å². The monoisotopic (exact) mass is 270 g/mol. The van der Waals surface area contributed by atoms with Gasteiger partial charge >= 0.3 is 0 Å². The molecular weight excluding hydrogens is 251 g/mol. The second kappa shape index (κ2) is 5.23. The predicted molar refractivity (Wildman–Crippen MR) is 79.5 cm³/mol. The SMILES string of the molecule is Cc1ccc(NC2CC(c3ccccc3F)C2)c(C)n1. The normalized spacial score (nSPS) is 21.4. The van der Waals surface area contributed by atoms with Crippen LogP contribution in [0.1, 0.15) is 35.7 Å². The van der Waals surface area contributed by atoms with Crippen LogP contribution in [0.25, 0.3) is 0 Å². The van der Waals surface area contributed by atoms with Gasteiger partial charge in [-0.1, -0.05) is 18.2 Å². The number of hydrogen-bond acceptors (Lipinski definition) is 2. The lowest BCUT2D eigenvalue weighted by molar-refractivity contribution is 0.363. The largest absolute Gasteiger partial charge is 0.381 e. The van der Waals surface area contributed by atoms with Gasteiger partial charge in [0.2, 0.25) is 0 Å². The maximum absolute atomic E-state index is 13.7. The molecule has 2 aromatic rings. The molecule has 1 N–H and O–H groups in total. The Kier molecular flexibility index (Phi) is 3.43. The first kappa shape index (κ1) is 13.1. The molecule has 3 rings (SSSR count). The number of nitrogens with one attached hydrogen (secondary N) is 1. The molecule has 0 amide bonds. The van der Waals surface area contributed by atoms with Gasteiger partial charge in [0.15, 0.2) is 0 Å². The molecule has 2 nitrogen and oxygen atoms in total. The fraction of sp³-hybridized carbons (Fsp3) is 0.353. The van der Waals surface area contributed by atoms with E-state index >= 15 is 0 Å². The van der Waals surface area contributed by atoms with Gasteiger partial charge in [0.25, 0.3) is 0 Å². The third-order valence-corrected chi connectivity index (χ3v) is 4.07. The molecule has 20 heavy (non-hydrogen) atoms. The number of benzene rings is 1. The highest BCUT2D eigenvalue weighted by atomic mass is 19.1. The number of rotatable bonds is 3. The smallest absolute Gasteiger partial charge is 0.126 e. The Labute approximate surface area is 119 Å². The van der Waals surface area contributed by atoms with Crippen LogP contribution in [0.4, 0.5) is 10.1 Å². The van der Waals surface area contributed by atoms with Gasteiger partial charge in [0.05, 0.1) is 11.4 Å².